The van der Waals surface area contributed by atoms with Gasteiger partial charge < -0.3 is 9.15 Å². The van der Waals surface area contributed by atoms with Crippen molar-refractivity contribution in [2.45, 2.75) is 49.9 Å². The zero-order chi connectivity index (χ0) is 24.1. The van der Waals surface area contributed by atoms with Gasteiger partial charge in [-0.2, -0.15) is 13.2 Å². The summed E-state index contributed by atoms with van der Waals surface area (Å²) < 4.78 is 79.8. The molecule has 1 saturated carbocycles. The van der Waals surface area contributed by atoms with Crippen LogP contribution in [-0.2, 0) is 34.6 Å². The lowest BCUT2D eigenvalue weighted by Gasteiger charge is -2.27. The molecule has 1 fully saturated rings. The van der Waals surface area contributed by atoms with Crippen LogP contribution in [0.3, 0.4) is 0 Å². The van der Waals surface area contributed by atoms with E-state index in [1.165, 1.54) is 12.3 Å². The average molecular weight is 493 g/mol. The van der Waals surface area contributed by atoms with E-state index in [0.29, 0.717) is 54.1 Å². The number of aromatic nitrogens is 1. The summed E-state index contributed by atoms with van der Waals surface area (Å²) in [4.78, 5) is 4.63. The maximum Gasteiger partial charge on any atom is 0.417 e. The first-order chi connectivity index (χ1) is 16.0. The molecule has 2 atom stereocenters. The summed E-state index contributed by atoms with van der Waals surface area (Å²) in [6.07, 6.45) is -0.00436. The zero-order valence-electron chi connectivity index (χ0n) is 18.4. The summed E-state index contributed by atoms with van der Waals surface area (Å²) in [5, 5.41) is 0. The molecule has 0 radical (unpaired) electrons. The molecule has 4 bridgehead atoms. The fourth-order valence-electron chi connectivity index (χ4n) is 5.11. The van der Waals surface area contributed by atoms with Crippen molar-refractivity contribution in [2.24, 2.45) is 0 Å². The molecule has 0 unspecified atom stereocenters. The first kappa shape index (κ1) is 22.9. The van der Waals surface area contributed by atoms with Gasteiger partial charge in [-0.3, -0.25) is 0 Å². The summed E-state index contributed by atoms with van der Waals surface area (Å²) in [6, 6.07) is 10.4. The van der Waals surface area contributed by atoms with Crippen molar-refractivity contribution in [3.8, 4) is 16.9 Å². The fourth-order valence-corrected chi connectivity index (χ4v) is 5.91. The number of para-hydroxylation sites is 1. The standard InChI is InChI=1S/C24H23F3N2O4S/c1-34(30,31)29-16-8-9-23(12-16)11-15-6-7-20(24(25,26)27)19(10-15)18-4-2-3-5-21(18)32-13-17-14-33-22(23)28-17/h2-7,10,14,16,29H,8-9,11-13H2,1H3/t16-,23+/m0/s1. The van der Waals surface area contributed by atoms with Crippen LogP contribution in [-0.4, -0.2) is 25.7 Å². The van der Waals surface area contributed by atoms with Crippen molar-refractivity contribution in [1.29, 1.82) is 0 Å². The van der Waals surface area contributed by atoms with Crippen LogP contribution in [0.1, 0.15) is 42.0 Å². The number of hydrogen-bond acceptors (Lipinski definition) is 5. The number of hydrogen-bond donors (Lipinski definition) is 1. The number of oxazole rings is 1. The quantitative estimate of drug-likeness (QED) is 0.554. The highest BCUT2D eigenvalue weighted by molar-refractivity contribution is 7.88. The maximum atomic E-state index is 13.9. The minimum atomic E-state index is -4.54. The maximum absolute atomic E-state index is 13.9. The van der Waals surface area contributed by atoms with Gasteiger partial charge in [0.15, 0.2) is 0 Å². The Morgan fingerprint density at radius 1 is 1.15 bits per heavy atom. The SMILES string of the molecule is CS(=O)(=O)N[C@H]1CC[C@@]2(Cc3ccc(C(F)(F)F)c(c3)-c3ccccc3OCc3coc2n3)C1. The molecule has 0 saturated heterocycles. The smallest absolute Gasteiger partial charge is 0.417 e. The Morgan fingerprint density at radius 3 is 2.71 bits per heavy atom. The summed E-state index contributed by atoms with van der Waals surface area (Å²) in [5.74, 6) is 0.766. The third-order valence-corrected chi connectivity index (χ3v) is 7.24. The number of nitrogens with one attached hydrogen (secondary N) is 1. The molecule has 1 N–H and O–H groups in total. The number of ether oxygens (including phenoxy) is 1. The van der Waals surface area contributed by atoms with E-state index >= 15 is 0 Å². The Morgan fingerprint density at radius 2 is 1.94 bits per heavy atom. The predicted molar refractivity (Wildman–Crippen MR) is 119 cm³/mol. The van der Waals surface area contributed by atoms with Gasteiger partial charge in [0.1, 0.15) is 24.3 Å². The van der Waals surface area contributed by atoms with E-state index in [-0.39, 0.29) is 18.2 Å². The van der Waals surface area contributed by atoms with Crippen molar-refractivity contribution in [3.05, 3.63) is 71.4 Å². The molecule has 5 rings (SSSR count). The van der Waals surface area contributed by atoms with Crippen molar-refractivity contribution in [1.82, 2.24) is 9.71 Å². The van der Waals surface area contributed by atoms with Gasteiger partial charge in [-0.15, -0.1) is 0 Å². The molecular formula is C24H23F3N2O4S. The number of rotatable bonds is 2. The van der Waals surface area contributed by atoms with E-state index in [0.717, 1.165) is 12.3 Å². The first-order valence-electron chi connectivity index (χ1n) is 10.9. The highest BCUT2D eigenvalue weighted by atomic mass is 32.2. The van der Waals surface area contributed by atoms with Crippen LogP contribution >= 0.6 is 0 Å². The highest BCUT2D eigenvalue weighted by Gasteiger charge is 2.45. The van der Waals surface area contributed by atoms with Crippen LogP contribution in [0.2, 0.25) is 0 Å². The number of sulfonamides is 1. The fraction of sp³-hybridized carbons (Fsp3) is 0.375. The molecule has 6 nitrogen and oxygen atoms in total. The third kappa shape index (κ3) is 4.44. The largest absolute Gasteiger partial charge is 0.487 e. The number of halogens is 3. The molecule has 180 valence electrons. The van der Waals surface area contributed by atoms with E-state index < -0.39 is 27.2 Å². The number of fused-ring (bicyclic) bond motifs is 7. The lowest BCUT2D eigenvalue weighted by atomic mass is 9.78. The van der Waals surface area contributed by atoms with Crippen LogP contribution in [0.15, 0.2) is 53.1 Å². The molecule has 2 heterocycles. The van der Waals surface area contributed by atoms with Crippen LogP contribution in [0.4, 0.5) is 13.2 Å². The Bertz CT molecular complexity index is 1340. The van der Waals surface area contributed by atoms with Crippen molar-refractivity contribution in [2.75, 3.05) is 6.26 Å². The Labute approximate surface area is 195 Å². The van der Waals surface area contributed by atoms with Gasteiger partial charge in [-0.05, 0) is 48.9 Å². The van der Waals surface area contributed by atoms with E-state index in [1.807, 2.05) is 0 Å². The first-order valence-corrected chi connectivity index (χ1v) is 12.8. The summed E-state index contributed by atoms with van der Waals surface area (Å²) in [7, 11) is -3.42. The van der Waals surface area contributed by atoms with Crippen molar-refractivity contribution < 1.29 is 30.7 Å². The predicted octanol–water partition coefficient (Wildman–Crippen LogP) is 4.84. The van der Waals surface area contributed by atoms with E-state index in [4.69, 9.17) is 9.15 Å². The van der Waals surface area contributed by atoms with Crippen molar-refractivity contribution >= 4 is 10.0 Å². The second-order valence-corrected chi connectivity index (χ2v) is 10.9. The molecule has 1 aliphatic carbocycles. The molecule has 0 amide bonds. The minimum absolute atomic E-state index is 0.0304. The third-order valence-electron chi connectivity index (χ3n) is 6.48. The monoisotopic (exact) mass is 492 g/mol. The lowest BCUT2D eigenvalue weighted by Crippen LogP contribution is -2.35. The molecule has 10 heteroatoms. The second-order valence-electron chi connectivity index (χ2n) is 9.09. The molecule has 1 aromatic heterocycles. The van der Waals surface area contributed by atoms with Gasteiger partial charge in [0.25, 0.3) is 0 Å². The molecule has 1 spiro atoms. The Balaban J connectivity index is 1.65. The van der Waals surface area contributed by atoms with Gasteiger partial charge in [-0.1, -0.05) is 30.3 Å². The molecule has 3 aromatic rings. The van der Waals surface area contributed by atoms with Gasteiger partial charge in [0, 0.05) is 11.6 Å². The van der Waals surface area contributed by atoms with E-state index in [2.05, 4.69) is 9.71 Å². The normalized spacial score (nSPS) is 22.5. The number of alkyl halides is 3. The molecule has 34 heavy (non-hydrogen) atoms. The van der Waals surface area contributed by atoms with Gasteiger partial charge in [-0.25, -0.2) is 18.1 Å². The summed E-state index contributed by atoms with van der Waals surface area (Å²) in [5.41, 5.74) is 0.192. The highest BCUT2D eigenvalue weighted by Crippen LogP contribution is 2.46. The molecular weight excluding hydrogens is 469 g/mol. The second kappa shape index (κ2) is 8.13. The molecule has 1 aliphatic heterocycles. The summed E-state index contributed by atoms with van der Waals surface area (Å²) >= 11 is 0. The van der Waals surface area contributed by atoms with Crippen LogP contribution in [0.5, 0.6) is 5.75 Å². The van der Waals surface area contributed by atoms with Gasteiger partial charge >= 0.3 is 6.18 Å². The lowest BCUT2D eigenvalue weighted by molar-refractivity contribution is -0.137. The Kier molecular flexibility index (Phi) is 5.48. The van der Waals surface area contributed by atoms with E-state index in [9.17, 15) is 21.6 Å². The van der Waals surface area contributed by atoms with Crippen LogP contribution < -0.4 is 9.46 Å². The summed E-state index contributed by atoms with van der Waals surface area (Å²) in [6.45, 7) is 0.0304. The Hall–Kier alpha value is -2.85. The average Bonchev–Trinajstić information content (AvgIpc) is 3.38. The zero-order valence-corrected chi connectivity index (χ0v) is 19.2. The van der Waals surface area contributed by atoms with Crippen LogP contribution in [0.25, 0.3) is 11.1 Å². The number of benzene rings is 2. The van der Waals surface area contributed by atoms with Gasteiger partial charge in [0.05, 0.1) is 17.2 Å². The van der Waals surface area contributed by atoms with E-state index in [1.54, 1.807) is 30.3 Å². The van der Waals surface area contributed by atoms with Gasteiger partial charge in [0.2, 0.25) is 15.9 Å². The topological polar surface area (TPSA) is 81.4 Å². The van der Waals surface area contributed by atoms with Crippen molar-refractivity contribution in [3.63, 3.8) is 0 Å². The minimum Gasteiger partial charge on any atom is -0.487 e. The van der Waals surface area contributed by atoms with Crippen LogP contribution in [0, 0.1) is 0 Å². The molecule has 2 aliphatic rings. The molecule has 2 aromatic carbocycles. The number of nitrogens with zero attached hydrogens (tertiary/aromatic N) is 1.